The van der Waals surface area contributed by atoms with E-state index in [1.165, 1.54) is 12.2 Å². The molecule has 2 amide bonds. The minimum Gasteiger partial charge on any atom is -0.383 e. The second kappa shape index (κ2) is 6.24. The number of rotatable bonds is 5. The van der Waals surface area contributed by atoms with Crippen molar-refractivity contribution >= 4 is 11.8 Å². The first-order valence-corrected chi connectivity index (χ1v) is 4.43. The van der Waals surface area contributed by atoms with Gasteiger partial charge in [-0.05, 0) is 18.4 Å². The van der Waals surface area contributed by atoms with Crippen molar-refractivity contribution in [1.29, 1.82) is 5.26 Å². The molecule has 0 aliphatic rings. The van der Waals surface area contributed by atoms with Crippen LogP contribution in [0.2, 0.25) is 0 Å². The molecule has 0 aromatic carbocycles. The zero-order valence-electron chi connectivity index (χ0n) is 9.18. The van der Waals surface area contributed by atoms with Crippen LogP contribution in [-0.2, 0) is 9.59 Å². The van der Waals surface area contributed by atoms with Gasteiger partial charge in [0.15, 0.2) is 5.92 Å². The molecule has 0 fully saturated rings. The predicted octanol–water partition coefficient (Wildman–Crippen LogP) is -0.902. The van der Waals surface area contributed by atoms with Crippen LogP contribution in [0.4, 0.5) is 0 Å². The number of carbonyl (C=O) groups is 2. The van der Waals surface area contributed by atoms with E-state index >= 15 is 0 Å². The normalized spacial score (nSPS) is 11.5. The standard InChI is InChI=1S/C10H14N4O2/c1-14(2)5-3-4-7(6-11)8(9(12)15)10(13)16/h3-5,8H,1-2H3,(H2,12,15)(H2,13,16). The zero-order chi connectivity index (χ0) is 12.7. The summed E-state index contributed by atoms with van der Waals surface area (Å²) < 4.78 is 0. The number of hydrogen-bond acceptors (Lipinski definition) is 4. The molecule has 86 valence electrons. The lowest BCUT2D eigenvalue weighted by molar-refractivity contribution is -0.129. The Bertz CT molecular complexity index is 363. The largest absolute Gasteiger partial charge is 0.383 e. The van der Waals surface area contributed by atoms with Gasteiger partial charge >= 0.3 is 0 Å². The van der Waals surface area contributed by atoms with Crippen molar-refractivity contribution in [2.75, 3.05) is 14.1 Å². The summed E-state index contributed by atoms with van der Waals surface area (Å²) in [7, 11) is 3.58. The van der Waals surface area contributed by atoms with Gasteiger partial charge in [-0.2, -0.15) is 5.26 Å². The average molecular weight is 222 g/mol. The lowest BCUT2D eigenvalue weighted by Crippen LogP contribution is -2.36. The SMILES string of the molecule is CN(C)C=CC=C(C#N)C(C(N)=O)C(N)=O. The van der Waals surface area contributed by atoms with Crippen molar-refractivity contribution in [2.24, 2.45) is 17.4 Å². The number of allylic oxidation sites excluding steroid dienone is 2. The summed E-state index contributed by atoms with van der Waals surface area (Å²) in [5.74, 6) is -3.24. The van der Waals surface area contributed by atoms with Crippen LogP contribution in [0.5, 0.6) is 0 Å². The molecule has 0 saturated heterocycles. The van der Waals surface area contributed by atoms with Gasteiger partial charge in [0.25, 0.3) is 0 Å². The molecule has 0 heterocycles. The Balaban J connectivity index is 5.04. The molecule has 0 radical (unpaired) electrons. The third-order valence-corrected chi connectivity index (χ3v) is 1.67. The van der Waals surface area contributed by atoms with Crippen LogP contribution < -0.4 is 11.5 Å². The fraction of sp³-hybridized carbons (Fsp3) is 0.300. The highest BCUT2D eigenvalue weighted by atomic mass is 16.2. The van der Waals surface area contributed by atoms with Crippen molar-refractivity contribution < 1.29 is 9.59 Å². The third kappa shape index (κ3) is 4.28. The van der Waals surface area contributed by atoms with Crippen LogP contribution in [0.3, 0.4) is 0 Å². The van der Waals surface area contributed by atoms with Gasteiger partial charge in [-0.25, -0.2) is 0 Å². The molecule has 0 aromatic heterocycles. The summed E-state index contributed by atoms with van der Waals surface area (Å²) in [6.45, 7) is 0. The molecule has 0 aliphatic carbocycles. The molecule has 0 bridgehead atoms. The fourth-order valence-electron chi connectivity index (χ4n) is 0.964. The summed E-state index contributed by atoms with van der Waals surface area (Å²) in [5, 5.41) is 8.78. The summed E-state index contributed by atoms with van der Waals surface area (Å²) in [4.78, 5) is 23.6. The van der Waals surface area contributed by atoms with Gasteiger partial charge in [-0.15, -0.1) is 0 Å². The highest BCUT2D eigenvalue weighted by Gasteiger charge is 2.25. The highest BCUT2D eigenvalue weighted by Crippen LogP contribution is 2.09. The van der Waals surface area contributed by atoms with Crippen molar-refractivity contribution in [3.8, 4) is 6.07 Å². The van der Waals surface area contributed by atoms with Gasteiger partial charge in [0.2, 0.25) is 11.8 Å². The topological polar surface area (TPSA) is 113 Å². The molecular formula is C10H14N4O2. The van der Waals surface area contributed by atoms with E-state index in [2.05, 4.69) is 0 Å². The Morgan fingerprint density at radius 3 is 2.12 bits per heavy atom. The van der Waals surface area contributed by atoms with Gasteiger partial charge in [-0.1, -0.05) is 0 Å². The molecule has 0 spiro atoms. The maximum absolute atomic E-state index is 10.9. The second-order valence-corrected chi connectivity index (χ2v) is 3.28. The molecule has 0 aromatic rings. The maximum atomic E-state index is 10.9. The van der Waals surface area contributed by atoms with Crippen LogP contribution in [0.15, 0.2) is 23.9 Å². The molecule has 6 nitrogen and oxygen atoms in total. The Morgan fingerprint density at radius 1 is 1.31 bits per heavy atom. The van der Waals surface area contributed by atoms with E-state index < -0.39 is 17.7 Å². The van der Waals surface area contributed by atoms with Gasteiger partial charge in [0, 0.05) is 14.1 Å². The van der Waals surface area contributed by atoms with Gasteiger partial charge in [0.1, 0.15) is 0 Å². The van der Waals surface area contributed by atoms with Crippen molar-refractivity contribution in [2.45, 2.75) is 0 Å². The van der Waals surface area contributed by atoms with E-state index in [0.29, 0.717) is 0 Å². The molecular weight excluding hydrogens is 208 g/mol. The molecule has 0 aliphatic heterocycles. The minimum absolute atomic E-state index is 0.0712. The zero-order valence-corrected chi connectivity index (χ0v) is 9.18. The Morgan fingerprint density at radius 2 is 1.81 bits per heavy atom. The first kappa shape index (κ1) is 13.7. The van der Waals surface area contributed by atoms with E-state index in [-0.39, 0.29) is 5.57 Å². The third-order valence-electron chi connectivity index (χ3n) is 1.67. The van der Waals surface area contributed by atoms with Crippen LogP contribution >= 0.6 is 0 Å². The Hall–Kier alpha value is -2.29. The van der Waals surface area contributed by atoms with E-state index in [4.69, 9.17) is 16.7 Å². The quantitative estimate of drug-likeness (QED) is 0.356. The summed E-state index contributed by atoms with van der Waals surface area (Å²) in [5.41, 5.74) is 9.89. The summed E-state index contributed by atoms with van der Waals surface area (Å²) in [6, 6.07) is 1.73. The number of carbonyl (C=O) groups excluding carboxylic acids is 2. The minimum atomic E-state index is -1.38. The van der Waals surface area contributed by atoms with Crippen LogP contribution in [0, 0.1) is 17.2 Å². The first-order chi connectivity index (χ1) is 7.40. The number of nitrogens with two attached hydrogens (primary N) is 2. The molecule has 0 atom stereocenters. The first-order valence-electron chi connectivity index (χ1n) is 4.43. The van der Waals surface area contributed by atoms with Crippen LogP contribution in [0.1, 0.15) is 0 Å². The number of hydrogen-bond donors (Lipinski definition) is 2. The van der Waals surface area contributed by atoms with Crippen LogP contribution in [-0.4, -0.2) is 30.8 Å². The molecule has 0 saturated carbocycles. The van der Waals surface area contributed by atoms with E-state index in [1.807, 2.05) is 0 Å². The lowest BCUT2D eigenvalue weighted by atomic mass is 9.98. The molecule has 6 heteroatoms. The number of amides is 2. The average Bonchev–Trinajstić information content (AvgIpc) is 2.14. The number of nitrogens with zero attached hydrogens (tertiary/aromatic N) is 2. The summed E-state index contributed by atoms with van der Waals surface area (Å²) in [6.07, 6.45) is 4.51. The van der Waals surface area contributed by atoms with Crippen molar-refractivity contribution in [3.63, 3.8) is 0 Å². The molecule has 4 N–H and O–H groups in total. The smallest absolute Gasteiger partial charge is 0.235 e. The molecule has 0 rings (SSSR count). The van der Waals surface area contributed by atoms with Crippen molar-refractivity contribution in [3.05, 3.63) is 23.9 Å². The second-order valence-electron chi connectivity index (χ2n) is 3.28. The van der Waals surface area contributed by atoms with Crippen molar-refractivity contribution in [1.82, 2.24) is 4.90 Å². The predicted molar refractivity (Wildman–Crippen MR) is 58.4 cm³/mol. The fourth-order valence-corrected chi connectivity index (χ4v) is 0.964. The number of nitriles is 1. The van der Waals surface area contributed by atoms with Gasteiger partial charge < -0.3 is 16.4 Å². The van der Waals surface area contributed by atoms with Gasteiger partial charge in [0.05, 0.1) is 11.6 Å². The molecule has 16 heavy (non-hydrogen) atoms. The highest BCUT2D eigenvalue weighted by molar-refractivity contribution is 6.02. The number of primary amides is 2. The molecule has 0 unspecified atom stereocenters. The lowest BCUT2D eigenvalue weighted by Gasteiger charge is -2.07. The van der Waals surface area contributed by atoms with E-state index in [1.54, 1.807) is 31.3 Å². The van der Waals surface area contributed by atoms with E-state index in [0.717, 1.165) is 0 Å². The van der Waals surface area contributed by atoms with Gasteiger partial charge in [-0.3, -0.25) is 9.59 Å². The summed E-state index contributed by atoms with van der Waals surface area (Å²) >= 11 is 0. The van der Waals surface area contributed by atoms with Crippen LogP contribution in [0.25, 0.3) is 0 Å². The maximum Gasteiger partial charge on any atom is 0.235 e. The Labute approximate surface area is 93.8 Å². The van der Waals surface area contributed by atoms with E-state index in [9.17, 15) is 9.59 Å². The monoisotopic (exact) mass is 222 g/mol. The Kier molecular flexibility index (Phi) is 5.35.